The molecule has 2 aromatic rings. The van der Waals surface area contributed by atoms with Crippen molar-refractivity contribution in [2.45, 2.75) is 6.61 Å². The van der Waals surface area contributed by atoms with E-state index in [-0.39, 0.29) is 11.4 Å². The van der Waals surface area contributed by atoms with E-state index in [0.29, 0.717) is 11.5 Å². The lowest BCUT2D eigenvalue weighted by atomic mass is 10.3. The second kappa shape index (κ2) is 6.60. The van der Waals surface area contributed by atoms with E-state index in [0.717, 1.165) is 0 Å². The number of carbonyl (C=O) groups excluding carboxylic acids is 1. The summed E-state index contributed by atoms with van der Waals surface area (Å²) < 4.78 is 32.8. The molecule has 0 fully saturated rings. The van der Waals surface area contributed by atoms with Crippen LogP contribution in [0.3, 0.4) is 0 Å². The van der Waals surface area contributed by atoms with Crippen molar-refractivity contribution in [2.24, 2.45) is 0 Å². The van der Waals surface area contributed by atoms with Crippen molar-refractivity contribution in [1.82, 2.24) is 9.97 Å². The zero-order valence-corrected chi connectivity index (χ0v) is 10.9. The first-order chi connectivity index (χ1) is 10.1. The molecule has 1 aromatic carbocycles. The van der Waals surface area contributed by atoms with E-state index in [2.05, 4.69) is 24.8 Å². The Balaban J connectivity index is 2.09. The number of alkyl halides is 2. The topological polar surface area (TPSA) is 73.3 Å². The number of benzene rings is 1. The number of methoxy groups -OCH3 is 1. The smallest absolute Gasteiger partial charge is 0.387 e. The molecule has 0 aliphatic carbocycles. The van der Waals surface area contributed by atoms with Crippen LogP contribution in [0.5, 0.6) is 5.75 Å². The Morgan fingerprint density at radius 2 is 1.95 bits per heavy atom. The predicted octanol–water partition coefficient (Wildman–Crippen LogP) is 2.61. The van der Waals surface area contributed by atoms with Gasteiger partial charge in [0.15, 0.2) is 5.69 Å². The van der Waals surface area contributed by atoms with Crippen LogP contribution in [0, 0.1) is 0 Å². The van der Waals surface area contributed by atoms with Crippen LogP contribution in [-0.4, -0.2) is 29.7 Å². The molecule has 0 aliphatic rings. The minimum atomic E-state index is -2.87. The van der Waals surface area contributed by atoms with Crippen molar-refractivity contribution in [3.8, 4) is 5.75 Å². The van der Waals surface area contributed by atoms with Crippen molar-refractivity contribution in [2.75, 3.05) is 12.4 Å². The zero-order chi connectivity index (χ0) is 15.2. The molecule has 2 rings (SSSR count). The van der Waals surface area contributed by atoms with Gasteiger partial charge in [-0.15, -0.1) is 0 Å². The van der Waals surface area contributed by atoms with Crippen LogP contribution in [0.25, 0.3) is 0 Å². The minimum absolute atomic E-state index is 0.0462. The summed E-state index contributed by atoms with van der Waals surface area (Å²) in [5, 5.41) is 2.88. The average molecular weight is 295 g/mol. The van der Waals surface area contributed by atoms with E-state index in [1.807, 2.05) is 0 Å². The fourth-order valence-corrected chi connectivity index (χ4v) is 1.50. The molecule has 0 unspecified atom stereocenters. The highest BCUT2D eigenvalue weighted by atomic mass is 19.3. The van der Waals surface area contributed by atoms with Crippen LogP contribution in [0.4, 0.5) is 20.3 Å². The number of nitrogens with one attached hydrogen (secondary N) is 1. The quantitative estimate of drug-likeness (QED) is 0.855. The van der Waals surface area contributed by atoms with E-state index in [1.165, 1.54) is 43.8 Å². The first-order valence-electron chi connectivity index (χ1n) is 5.81. The Morgan fingerprint density at radius 1 is 1.24 bits per heavy atom. The number of ether oxygens (including phenoxy) is 2. The maximum Gasteiger partial charge on any atom is 0.387 e. The molecule has 0 radical (unpaired) electrons. The molecule has 0 saturated carbocycles. The summed E-state index contributed by atoms with van der Waals surface area (Å²) >= 11 is 0. The SMILES string of the molecule is COC(=O)c1cncc(Nc2ccc(OC(F)F)cc2)n1. The van der Waals surface area contributed by atoms with Crippen LogP contribution in [0.2, 0.25) is 0 Å². The molecule has 0 bridgehead atoms. The first kappa shape index (κ1) is 14.6. The van der Waals surface area contributed by atoms with Crippen LogP contribution in [-0.2, 0) is 4.74 Å². The van der Waals surface area contributed by atoms with Gasteiger partial charge >= 0.3 is 12.6 Å². The van der Waals surface area contributed by atoms with E-state index in [1.54, 1.807) is 0 Å². The second-order valence-corrected chi connectivity index (χ2v) is 3.81. The van der Waals surface area contributed by atoms with Gasteiger partial charge in [0.2, 0.25) is 0 Å². The Morgan fingerprint density at radius 3 is 2.57 bits per heavy atom. The molecule has 0 saturated heterocycles. The minimum Gasteiger partial charge on any atom is -0.464 e. The molecule has 6 nitrogen and oxygen atoms in total. The number of halogens is 2. The van der Waals surface area contributed by atoms with Gasteiger partial charge in [0.1, 0.15) is 11.6 Å². The lowest BCUT2D eigenvalue weighted by Gasteiger charge is -2.08. The zero-order valence-electron chi connectivity index (χ0n) is 10.9. The number of carbonyl (C=O) groups is 1. The van der Waals surface area contributed by atoms with Crippen molar-refractivity contribution >= 4 is 17.5 Å². The van der Waals surface area contributed by atoms with E-state index < -0.39 is 12.6 Å². The molecule has 1 N–H and O–H groups in total. The summed E-state index contributed by atoms with van der Waals surface area (Å²) in [7, 11) is 1.24. The van der Waals surface area contributed by atoms with E-state index in [4.69, 9.17) is 0 Å². The molecular weight excluding hydrogens is 284 g/mol. The summed E-state index contributed by atoms with van der Waals surface area (Å²) in [6, 6.07) is 5.83. The number of rotatable bonds is 5. The maximum absolute atomic E-state index is 12.0. The number of nitrogens with zero attached hydrogens (tertiary/aromatic N) is 2. The van der Waals surface area contributed by atoms with Gasteiger partial charge in [-0.05, 0) is 24.3 Å². The summed E-state index contributed by atoms with van der Waals surface area (Å²) in [5.41, 5.74) is 0.632. The lowest BCUT2D eigenvalue weighted by molar-refractivity contribution is -0.0498. The van der Waals surface area contributed by atoms with Crippen molar-refractivity contribution in [1.29, 1.82) is 0 Å². The highest BCUT2D eigenvalue weighted by Crippen LogP contribution is 2.20. The molecule has 1 aromatic heterocycles. The second-order valence-electron chi connectivity index (χ2n) is 3.81. The first-order valence-corrected chi connectivity index (χ1v) is 5.81. The summed E-state index contributed by atoms with van der Waals surface area (Å²) in [5.74, 6) is -0.239. The highest BCUT2D eigenvalue weighted by Gasteiger charge is 2.09. The van der Waals surface area contributed by atoms with Gasteiger partial charge in [0.25, 0.3) is 0 Å². The normalized spacial score (nSPS) is 10.3. The molecule has 8 heteroatoms. The molecule has 0 amide bonds. The Labute approximate surface area is 118 Å². The third-order valence-corrected chi connectivity index (χ3v) is 2.38. The molecule has 21 heavy (non-hydrogen) atoms. The predicted molar refractivity (Wildman–Crippen MR) is 69.7 cm³/mol. The summed E-state index contributed by atoms with van der Waals surface area (Å²) in [6.45, 7) is -2.87. The van der Waals surface area contributed by atoms with Gasteiger partial charge in [0, 0.05) is 5.69 Å². The third-order valence-electron chi connectivity index (χ3n) is 2.38. The van der Waals surface area contributed by atoms with Crippen molar-refractivity contribution in [3.05, 3.63) is 42.4 Å². The number of aromatic nitrogens is 2. The average Bonchev–Trinajstić information content (AvgIpc) is 2.48. The highest BCUT2D eigenvalue weighted by molar-refractivity contribution is 5.87. The monoisotopic (exact) mass is 295 g/mol. The molecule has 0 spiro atoms. The van der Waals surface area contributed by atoms with E-state index >= 15 is 0 Å². The fraction of sp³-hybridized carbons (Fsp3) is 0.154. The van der Waals surface area contributed by atoms with Gasteiger partial charge in [-0.1, -0.05) is 0 Å². The van der Waals surface area contributed by atoms with Crippen LogP contribution >= 0.6 is 0 Å². The Bertz CT molecular complexity index is 620. The fourth-order valence-electron chi connectivity index (χ4n) is 1.50. The van der Waals surface area contributed by atoms with Gasteiger partial charge < -0.3 is 14.8 Å². The van der Waals surface area contributed by atoms with Gasteiger partial charge in [-0.25, -0.2) is 9.78 Å². The van der Waals surface area contributed by atoms with Crippen LogP contribution < -0.4 is 10.1 Å². The number of hydrogen-bond donors (Lipinski definition) is 1. The number of hydrogen-bond acceptors (Lipinski definition) is 6. The standard InChI is InChI=1S/C13H11F2N3O3/c1-20-12(19)10-6-16-7-11(18-10)17-8-2-4-9(5-3-8)21-13(14)15/h2-7,13H,1H3,(H,17,18). The van der Waals surface area contributed by atoms with Crippen LogP contribution in [0.1, 0.15) is 10.5 Å². The molecule has 0 aliphatic heterocycles. The number of esters is 1. The Hall–Kier alpha value is -2.77. The van der Waals surface area contributed by atoms with Crippen molar-refractivity contribution in [3.63, 3.8) is 0 Å². The largest absolute Gasteiger partial charge is 0.464 e. The van der Waals surface area contributed by atoms with Gasteiger partial charge in [-0.2, -0.15) is 8.78 Å². The van der Waals surface area contributed by atoms with Gasteiger partial charge in [-0.3, -0.25) is 4.98 Å². The Kier molecular flexibility index (Phi) is 4.60. The summed E-state index contributed by atoms with van der Waals surface area (Å²) in [4.78, 5) is 19.2. The number of anilines is 2. The molecule has 0 atom stereocenters. The molecule has 1 heterocycles. The van der Waals surface area contributed by atoms with Gasteiger partial charge in [0.05, 0.1) is 19.5 Å². The molecular formula is C13H11F2N3O3. The van der Waals surface area contributed by atoms with Crippen LogP contribution in [0.15, 0.2) is 36.7 Å². The maximum atomic E-state index is 12.0. The third kappa shape index (κ3) is 4.10. The summed E-state index contributed by atoms with van der Waals surface area (Å²) in [6.07, 6.45) is 2.69. The van der Waals surface area contributed by atoms with E-state index in [9.17, 15) is 13.6 Å². The molecule has 110 valence electrons. The lowest BCUT2D eigenvalue weighted by Crippen LogP contribution is -2.06. The van der Waals surface area contributed by atoms with Crippen molar-refractivity contribution < 1.29 is 23.0 Å².